The zero-order valence-corrected chi connectivity index (χ0v) is 16.3. The first-order chi connectivity index (χ1) is 13.0. The summed E-state index contributed by atoms with van der Waals surface area (Å²) in [6, 6.07) is 15.1. The first-order valence-corrected chi connectivity index (χ1v) is 9.80. The molecule has 1 heterocycles. The van der Waals surface area contributed by atoms with Crippen LogP contribution in [-0.2, 0) is 4.79 Å². The Bertz CT molecular complexity index is 813. The predicted octanol–water partition coefficient (Wildman–Crippen LogP) is 4.43. The Hall–Kier alpha value is -2.33. The topological polar surface area (TPSA) is 63.4 Å². The molecule has 1 amide bonds. The van der Waals surface area contributed by atoms with Crippen molar-refractivity contribution in [3.8, 4) is 0 Å². The van der Waals surface area contributed by atoms with Gasteiger partial charge >= 0.3 is 0 Å². The fourth-order valence-electron chi connectivity index (χ4n) is 4.00. The summed E-state index contributed by atoms with van der Waals surface area (Å²) in [6.07, 6.45) is 3.65. The van der Waals surface area contributed by atoms with Crippen LogP contribution in [0.25, 0.3) is 0 Å². The lowest BCUT2D eigenvalue weighted by Gasteiger charge is -2.33. The van der Waals surface area contributed by atoms with Crippen LogP contribution in [0.5, 0.6) is 0 Å². The van der Waals surface area contributed by atoms with E-state index in [0.717, 1.165) is 24.2 Å². The maximum atomic E-state index is 12.3. The van der Waals surface area contributed by atoms with Crippen molar-refractivity contribution in [2.75, 3.05) is 18.0 Å². The Morgan fingerprint density at radius 2 is 1.63 bits per heavy atom. The molecule has 27 heavy (non-hydrogen) atoms. The van der Waals surface area contributed by atoms with Gasteiger partial charge in [0.05, 0.1) is 5.92 Å². The van der Waals surface area contributed by atoms with Gasteiger partial charge in [-0.1, -0.05) is 37.3 Å². The number of amides is 1. The molecule has 0 bridgehead atoms. The van der Waals surface area contributed by atoms with Gasteiger partial charge in [0.2, 0.25) is 5.91 Å². The van der Waals surface area contributed by atoms with Gasteiger partial charge in [-0.05, 0) is 66.1 Å². The summed E-state index contributed by atoms with van der Waals surface area (Å²) < 4.78 is 0. The molecule has 4 nitrogen and oxygen atoms in total. The van der Waals surface area contributed by atoms with Crippen LogP contribution in [0.1, 0.15) is 59.5 Å². The quantitative estimate of drug-likeness (QED) is 0.749. The number of carbonyl (C=O) groups is 2. The van der Waals surface area contributed by atoms with E-state index in [2.05, 4.69) is 17.0 Å². The number of hydrogen-bond donors (Lipinski definition) is 1. The molecular weight excluding hydrogens is 360 g/mol. The van der Waals surface area contributed by atoms with Gasteiger partial charge in [-0.15, -0.1) is 0 Å². The molecule has 0 spiro atoms. The Morgan fingerprint density at radius 3 is 2.22 bits per heavy atom. The smallest absolute Gasteiger partial charge is 0.252 e. The highest BCUT2D eigenvalue weighted by molar-refractivity contribution is 6.67. The fraction of sp³-hybridized carbons (Fsp3) is 0.364. The van der Waals surface area contributed by atoms with E-state index in [1.54, 1.807) is 24.3 Å². The van der Waals surface area contributed by atoms with Crippen molar-refractivity contribution in [2.45, 2.75) is 38.0 Å². The molecule has 5 heteroatoms. The van der Waals surface area contributed by atoms with Crippen LogP contribution in [0.15, 0.2) is 48.5 Å². The Morgan fingerprint density at radius 1 is 1.00 bits per heavy atom. The molecule has 1 aliphatic rings. The van der Waals surface area contributed by atoms with Gasteiger partial charge < -0.3 is 10.6 Å². The number of anilines is 1. The van der Waals surface area contributed by atoms with Crippen molar-refractivity contribution in [2.24, 2.45) is 5.73 Å². The summed E-state index contributed by atoms with van der Waals surface area (Å²) in [5.74, 6) is -0.936. The van der Waals surface area contributed by atoms with Gasteiger partial charge in [-0.3, -0.25) is 9.59 Å². The normalized spacial score (nSPS) is 16.6. The predicted molar refractivity (Wildman–Crippen MR) is 109 cm³/mol. The van der Waals surface area contributed by atoms with Gasteiger partial charge in [0.1, 0.15) is 0 Å². The standard InChI is InChI=1S/C22H25ClN2O2/c1-15(18-7-3-4-8-19(18)25-13-5-2-6-14-25)20(22(24)27)16-9-11-17(12-10-16)21(23)26/h3-4,7-12,15,20H,2,5-6,13-14H2,1H3,(H2,24,27). The molecule has 0 radical (unpaired) electrons. The van der Waals surface area contributed by atoms with Crippen molar-refractivity contribution in [1.82, 2.24) is 0 Å². The summed E-state index contributed by atoms with van der Waals surface area (Å²) in [4.78, 5) is 26.0. The first kappa shape index (κ1) is 19.4. The van der Waals surface area contributed by atoms with E-state index in [1.165, 1.54) is 24.9 Å². The zero-order chi connectivity index (χ0) is 19.4. The molecule has 2 aromatic rings. The minimum atomic E-state index is -0.513. The van der Waals surface area contributed by atoms with E-state index in [-0.39, 0.29) is 11.8 Å². The van der Waals surface area contributed by atoms with E-state index in [0.29, 0.717) is 5.56 Å². The summed E-state index contributed by atoms with van der Waals surface area (Å²) in [6.45, 7) is 4.12. The zero-order valence-electron chi connectivity index (χ0n) is 15.5. The van der Waals surface area contributed by atoms with E-state index < -0.39 is 11.2 Å². The molecule has 3 rings (SSSR count). The molecule has 2 unspecified atom stereocenters. The van der Waals surface area contributed by atoms with Crippen LogP contribution < -0.4 is 10.6 Å². The third-order valence-corrected chi connectivity index (χ3v) is 5.65. The third-order valence-electron chi connectivity index (χ3n) is 5.43. The number of carbonyl (C=O) groups excluding carboxylic acids is 2. The molecule has 142 valence electrons. The van der Waals surface area contributed by atoms with Crippen molar-refractivity contribution in [3.63, 3.8) is 0 Å². The van der Waals surface area contributed by atoms with Crippen LogP contribution in [-0.4, -0.2) is 24.2 Å². The largest absolute Gasteiger partial charge is 0.371 e. The highest BCUT2D eigenvalue weighted by Gasteiger charge is 2.29. The van der Waals surface area contributed by atoms with Crippen molar-refractivity contribution >= 4 is 28.4 Å². The number of rotatable bonds is 6. The number of nitrogens with zero attached hydrogens (tertiary/aromatic N) is 1. The maximum absolute atomic E-state index is 12.3. The number of benzene rings is 2. The van der Waals surface area contributed by atoms with Gasteiger partial charge in [-0.25, -0.2) is 0 Å². The van der Waals surface area contributed by atoms with Gasteiger partial charge in [0.15, 0.2) is 0 Å². The number of hydrogen-bond acceptors (Lipinski definition) is 3. The lowest BCUT2D eigenvalue weighted by Crippen LogP contribution is -2.32. The Kier molecular flexibility index (Phi) is 6.17. The maximum Gasteiger partial charge on any atom is 0.252 e. The average Bonchev–Trinajstić information content (AvgIpc) is 2.69. The Labute approximate surface area is 165 Å². The van der Waals surface area contributed by atoms with E-state index >= 15 is 0 Å². The van der Waals surface area contributed by atoms with Crippen LogP contribution in [0.2, 0.25) is 0 Å². The van der Waals surface area contributed by atoms with Crippen LogP contribution in [0.4, 0.5) is 5.69 Å². The molecule has 0 aliphatic carbocycles. The Balaban J connectivity index is 1.95. The molecule has 1 fully saturated rings. The van der Waals surface area contributed by atoms with Crippen LogP contribution >= 0.6 is 11.6 Å². The molecule has 0 aromatic heterocycles. The van der Waals surface area contributed by atoms with Crippen molar-refractivity contribution in [3.05, 3.63) is 65.2 Å². The van der Waals surface area contributed by atoms with E-state index in [9.17, 15) is 9.59 Å². The minimum absolute atomic E-state index is 0.0850. The summed E-state index contributed by atoms with van der Waals surface area (Å²) in [5.41, 5.74) is 9.30. The lowest BCUT2D eigenvalue weighted by molar-refractivity contribution is -0.119. The number of piperidine rings is 1. The second-order valence-electron chi connectivity index (χ2n) is 7.17. The summed E-state index contributed by atoms with van der Waals surface area (Å²) >= 11 is 5.53. The third kappa shape index (κ3) is 4.33. The number of primary amides is 1. The van der Waals surface area contributed by atoms with E-state index in [4.69, 9.17) is 17.3 Å². The SMILES string of the molecule is CC(c1ccccc1N1CCCCC1)C(C(N)=O)c1ccc(C(=O)Cl)cc1. The van der Waals surface area contributed by atoms with E-state index in [1.807, 2.05) is 19.1 Å². The van der Waals surface area contributed by atoms with Crippen LogP contribution in [0.3, 0.4) is 0 Å². The van der Waals surface area contributed by atoms with Gasteiger partial charge in [0, 0.05) is 24.3 Å². The molecule has 2 atom stereocenters. The second-order valence-corrected chi connectivity index (χ2v) is 7.51. The summed E-state index contributed by atoms with van der Waals surface area (Å²) in [7, 11) is 0. The fourth-order valence-corrected chi connectivity index (χ4v) is 4.12. The van der Waals surface area contributed by atoms with Crippen LogP contribution in [0, 0.1) is 0 Å². The second kappa shape index (κ2) is 8.57. The highest BCUT2D eigenvalue weighted by atomic mass is 35.5. The first-order valence-electron chi connectivity index (χ1n) is 9.42. The van der Waals surface area contributed by atoms with Gasteiger partial charge in [-0.2, -0.15) is 0 Å². The van der Waals surface area contributed by atoms with Crippen molar-refractivity contribution < 1.29 is 9.59 Å². The highest BCUT2D eigenvalue weighted by Crippen LogP contribution is 2.38. The summed E-state index contributed by atoms with van der Waals surface area (Å²) in [5, 5.41) is -0.513. The number of halogens is 1. The van der Waals surface area contributed by atoms with Crippen molar-refractivity contribution in [1.29, 1.82) is 0 Å². The molecular formula is C22H25ClN2O2. The van der Waals surface area contributed by atoms with Gasteiger partial charge in [0.25, 0.3) is 5.24 Å². The molecule has 0 saturated carbocycles. The molecule has 1 aliphatic heterocycles. The number of nitrogens with two attached hydrogens (primary N) is 1. The molecule has 2 aromatic carbocycles. The monoisotopic (exact) mass is 384 g/mol. The lowest BCUT2D eigenvalue weighted by atomic mass is 9.81. The minimum Gasteiger partial charge on any atom is -0.371 e. The number of para-hydroxylation sites is 1. The average molecular weight is 385 g/mol. The molecule has 1 saturated heterocycles. The molecule has 2 N–H and O–H groups in total.